The highest BCUT2D eigenvalue weighted by atomic mass is 32.2. The number of carbonyl (C=O) groups is 1. The van der Waals surface area contributed by atoms with Crippen molar-refractivity contribution < 1.29 is 18.7 Å². The molecule has 0 saturated heterocycles. The lowest BCUT2D eigenvalue weighted by Gasteiger charge is -2.12. The third kappa shape index (κ3) is 4.38. The Kier molecular flexibility index (Phi) is 6.01. The van der Waals surface area contributed by atoms with Crippen LogP contribution in [0.3, 0.4) is 0 Å². The van der Waals surface area contributed by atoms with Crippen LogP contribution in [0.1, 0.15) is 17.4 Å². The van der Waals surface area contributed by atoms with Gasteiger partial charge in [-0.1, -0.05) is 30.0 Å². The molecular weight excluding hydrogens is 477 g/mol. The standard InChI is InChI=1S/C24H20FN3O4S2/c1-12-19(15-4-6-16(25)7-5-15)20-22(30)27-24(28-23(20)33-12)34-13(2)21(29)26-10-14-3-8-17-18(9-14)32-11-31-17/h3-9,13H,10-11H2,1-2H3,(H,26,29)(H,27,28,30). The first-order chi connectivity index (χ1) is 16.4. The topological polar surface area (TPSA) is 93.3 Å². The Balaban J connectivity index is 1.31. The molecule has 4 aromatic rings. The smallest absolute Gasteiger partial charge is 0.260 e. The Morgan fingerprint density at radius 3 is 2.79 bits per heavy atom. The van der Waals surface area contributed by atoms with E-state index >= 15 is 0 Å². The van der Waals surface area contributed by atoms with Crippen molar-refractivity contribution in [1.29, 1.82) is 0 Å². The molecular formula is C24H20FN3O4S2. The molecule has 0 spiro atoms. The molecule has 1 aliphatic rings. The van der Waals surface area contributed by atoms with Crippen LogP contribution in [0.25, 0.3) is 21.3 Å². The second kappa shape index (κ2) is 9.11. The average Bonchev–Trinajstić information content (AvgIpc) is 3.41. The predicted molar refractivity (Wildman–Crippen MR) is 130 cm³/mol. The van der Waals surface area contributed by atoms with Gasteiger partial charge in [0.05, 0.1) is 10.6 Å². The average molecular weight is 498 g/mol. The molecule has 2 aromatic carbocycles. The number of benzene rings is 2. The zero-order valence-electron chi connectivity index (χ0n) is 18.3. The van der Waals surface area contributed by atoms with E-state index < -0.39 is 5.25 Å². The zero-order chi connectivity index (χ0) is 23.8. The third-order valence-corrected chi connectivity index (χ3v) is 7.39. The van der Waals surface area contributed by atoms with Gasteiger partial charge in [-0.15, -0.1) is 11.3 Å². The highest BCUT2D eigenvalue weighted by Gasteiger charge is 2.20. The maximum Gasteiger partial charge on any atom is 0.260 e. The van der Waals surface area contributed by atoms with Crippen molar-refractivity contribution in [1.82, 2.24) is 15.3 Å². The van der Waals surface area contributed by atoms with Gasteiger partial charge in [0.25, 0.3) is 5.56 Å². The summed E-state index contributed by atoms with van der Waals surface area (Å²) < 4.78 is 24.0. The largest absolute Gasteiger partial charge is 0.454 e. The summed E-state index contributed by atoms with van der Waals surface area (Å²) >= 11 is 2.58. The van der Waals surface area contributed by atoms with Crippen molar-refractivity contribution in [2.75, 3.05) is 6.79 Å². The molecule has 0 saturated carbocycles. The van der Waals surface area contributed by atoms with Crippen molar-refractivity contribution >= 4 is 39.2 Å². The number of rotatable bonds is 6. The lowest BCUT2D eigenvalue weighted by Crippen LogP contribution is -2.30. The summed E-state index contributed by atoms with van der Waals surface area (Å²) in [6, 6.07) is 11.6. The van der Waals surface area contributed by atoms with Crippen LogP contribution in [-0.4, -0.2) is 27.9 Å². The summed E-state index contributed by atoms with van der Waals surface area (Å²) in [5.74, 6) is 0.837. The van der Waals surface area contributed by atoms with E-state index in [-0.39, 0.29) is 24.1 Å². The molecule has 0 radical (unpaired) electrons. The number of thiophene rings is 1. The first kappa shape index (κ1) is 22.4. The number of hydrogen-bond donors (Lipinski definition) is 2. The number of ether oxygens (including phenoxy) is 2. The van der Waals surface area contributed by atoms with E-state index in [4.69, 9.17) is 9.47 Å². The molecule has 10 heteroatoms. The normalized spacial score (nSPS) is 13.3. The lowest BCUT2D eigenvalue weighted by atomic mass is 10.0. The van der Waals surface area contributed by atoms with Gasteiger partial charge in [-0.2, -0.15) is 0 Å². The molecule has 5 rings (SSSR count). The number of nitrogens with zero attached hydrogens (tertiary/aromatic N) is 1. The van der Waals surface area contributed by atoms with Crippen LogP contribution >= 0.6 is 23.1 Å². The van der Waals surface area contributed by atoms with E-state index in [9.17, 15) is 14.0 Å². The third-order valence-electron chi connectivity index (χ3n) is 5.41. The van der Waals surface area contributed by atoms with E-state index in [0.717, 1.165) is 21.6 Å². The van der Waals surface area contributed by atoms with Gasteiger partial charge in [0.1, 0.15) is 10.6 Å². The van der Waals surface area contributed by atoms with Crippen LogP contribution in [0.4, 0.5) is 4.39 Å². The molecule has 2 N–H and O–H groups in total. The minimum absolute atomic E-state index is 0.181. The van der Waals surface area contributed by atoms with Crippen molar-refractivity contribution in [2.45, 2.75) is 30.8 Å². The van der Waals surface area contributed by atoms with Crippen LogP contribution in [-0.2, 0) is 11.3 Å². The Morgan fingerprint density at radius 1 is 1.24 bits per heavy atom. The first-order valence-corrected chi connectivity index (χ1v) is 12.2. The number of halogens is 1. The van der Waals surface area contributed by atoms with Crippen molar-refractivity contribution in [2.24, 2.45) is 0 Å². The van der Waals surface area contributed by atoms with Gasteiger partial charge < -0.3 is 19.8 Å². The molecule has 1 aliphatic heterocycles. The summed E-state index contributed by atoms with van der Waals surface area (Å²) in [5, 5.41) is 3.26. The predicted octanol–water partition coefficient (Wildman–Crippen LogP) is 4.62. The number of aromatic amines is 1. The Morgan fingerprint density at radius 2 is 2.00 bits per heavy atom. The van der Waals surface area contributed by atoms with Gasteiger partial charge in [-0.3, -0.25) is 9.59 Å². The molecule has 1 unspecified atom stereocenters. The minimum atomic E-state index is -0.479. The highest BCUT2D eigenvalue weighted by molar-refractivity contribution is 8.00. The van der Waals surface area contributed by atoms with Crippen LogP contribution in [0.15, 0.2) is 52.4 Å². The number of aromatic nitrogens is 2. The van der Waals surface area contributed by atoms with Crippen LogP contribution in [0.5, 0.6) is 11.5 Å². The van der Waals surface area contributed by atoms with Crippen molar-refractivity contribution in [3.05, 3.63) is 69.1 Å². The minimum Gasteiger partial charge on any atom is -0.454 e. The Hall–Kier alpha value is -3.37. The van der Waals surface area contributed by atoms with Gasteiger partial charge in [-0.05, 0) is 49.2 Å². The van der Waals surface area contributed by atoms with Crippen molar-refractivity contribution in [3.63, 3.8) is 0 Å². The number of carbonyl (C=O) groups excluding carboxylic acids is 1. The maximum atomic E-state index is 13.3. The fourth-order valence-corrected chi connectivity index (χ4v) is 5.65. The fourth-order valence-electron chi connectivity index (χ4n) is 3.72. The maximum absolute atomic E-state index is 13.3. The quantitative estimate of drug-likeness (QED) is 0.298. The molecule has 0 bridgehead atoms. The molecule has 3 heterocycles. The Labute approximate surface area is 202 Å². The highest BCUT2D eigenvalue weighted by Crippen LogP contribution is 2.36. The molecule has 1 amide bonds. The number of fused-ring (bicyclic) bond motifs is 2. The van der Waals surface area contributed by atoms with Gasteiger partial charge in [0, 0.05) is 17.0 Å². The van der Waals surface area contributed by atoms with E-state index in [1.165, 1.54) is 35.2 Å². The van der Waals surface area contributed by atoms with Gasteiger partial charge in [0.15, 0.2) is 16.7 Å². The molecule has 1 atom stereocenters. The van der Waals surface area contributed by atoms with E-state index in [1.807, 2.05) is 25.1 Å². The monoisotopic (exact) mass is 497 g/mol. The second-order valence-electron chi connectivity index (χ2n) is 7.76. The molecule has 34 heavy (non-hydrogen) atoms. The molecule has 0 fully saturated rings. The number of H-pyrrole nitrogens is 1. The SMILES string of the molecule is Cc1sc2nc(SC(C)C(=O)NCc3ccc4c(c3)OCO4)[nH]c(=O)c2c1-c1ccc(F)cc1. The van der Waals surface area contributed by atoms with E-state index in [1.54, 1.807) is 19.1 Å². The number of nitrogens with one attached hydrogen (secondary N) is 2. The lowest BCUT2D eigenvalue weighted by molar-refractivity contribution is -0.120. The van der Waals surface area contributed by atoms with Crippen LogP contribution in [0.2, 0.25) is 0 Å². The van der Waals surface area contributed by atoms with Gasteiger partial charge in [-0.25, -0.2) is 9.37 Å². The molecule has 2 aromatic heterocycles. The number of aryl methyl sites for hydroxylation is 1. The fraction of sp³-hybridized carbons (Fsp3) is 0.208. The molecule has 0 aliphatic carbocycles. The van der Waals surface area contributed by atoms with E-state index in [0.29, 0.717) is 33.4 Å². The molecule has 174 valence electrons. The summed E-state index contributed by atoms with van der Waals surface area (Å²) in [4.78, 5) is 34.4. The summed E-state index contributed by atoms with van der Waals surface area (Å²) in [7, 11) is 0. The van der Waals surface area contributed by atoms with E-state index in [2.05, 4.69) is 15.3 Å². The van der Waals surface area contributed by atoms with Gasteiger partial charge in [0.2, 0.25) is 12.7 Å². The van der Waals surface area contributed by atoms with Gasteiger partial charge >= 0.3 is 0 Å². The van der Waals surface area contributed by atoms with Crippen LogP contribution in [0, 0.1) is 12.7 Å². The number of hydrogen-bond acceptors (Lipinski definition) is 7. The number of thioether (sulfide) groups is 1. The molecule has 7 nitrogen and oxygen atoms in total. The van der Waals surface area contributed by atoms with Crippen molar-refractivity contribution in [3.8, 4) is 22.6 Å². The zero-order valence-corrected chi connectivity index (χ0v) is 19.9. The summed E-state index contributed by atoms with van der Waals surface area (Å²) in [6.07, 6.45) is 0. The second-order valence-corrected chi connectivity index (χ2v) is 10.3. The summed E-state index contributed by atoms with van der Waals surface area (Å²) in [5.41, 5.74) is 2.11. The number of amides is 1. The van der Waals surface area contributed by atoms with Crippen LogP contribution < -0.4 is 20.3 Å². The Bertz CT molecular complexity index is 1450. The summed E-state index contributed by atoms with van der Waals surface area (Å²) in [6.45, 7) is 4.20. The first-order valence-electron chi connectivity index (χ1n) is 10.5.